The summed E-state index contributed by atoms with van der Waals surface area (Å²) < 4.78 is 0. The zero-order chi connectivity index (χ0) is 8.77. The first kappa shape index (κ1) is 8.48. The van der Waals surface area contributed by atoms with E-state index in [-0.39, 0.29) is 6.61 Å². The molecule has 12 heavy (non-hydrogen) atoms. The molecule has 2 N–H and O–H groups in total. The van der Waals surface area contributed by atoms with Crippen molar-refractivity contribution in [3.05, 3.63) is 0 Å². The predicted molar refractivity (Wildman–Crippen MR) is 45.8 cm³/mol. The SMILES string of the molecule is C[C@]12CCC1N(CC(O)CO)C2. The van der Waals surface area contributed by atoms with Gasteiger partial charge in [-0.25, -0.2) is 0 Å². The van der Waals surface area contributed by atoms with Crippen LogP contribution in [0.3, 0.4) is 0 Å². The number of β-amino-alcohol motifs (C(OH)–C–C–N with tert-alkyl or cyclic N) is 1. The van der Waals surface area contributed by atoms with Crippen LogP contribution in [0.4, 0.5) is 0 Å². The first-order chi connectivity index (χ1) is 5.65. The Morgan fingerprint density at radius 3 is 2.75 bits per heavy atom. The lowest BCUT2D eigenvalue weighted by molar-refractivity contribution is -0.151. The molecule has 0 bridgehead atoms. The van der Waals surface area contributed by atoms with Crippen molar-refractivity contribution < 1.29 is 10.2 Å². The van der Waals surface area contributed by atoms with Crippen molar-refractivity contribution >= 4 is 0 Å². The maximum Gasteiger partial charge on any atom is 0.0897 e. The van der Waals surface area contributed by atoms with Gasteiger partial charge < -0.3 is 10.2 Å². The van der Waals surface area contributed by atoms with Crippen LogP contribution in [-0.4, -0.2) is 47.0 Å². The highest BCUT2D eigenvalue weighted by atomic mass is 16.3. The molecular weight excluding hydrogens is 154 g/mol. The van der Waals surface area contributed by atoms with E-state index in [1.807, 2.05) is 0 Å². The van der Waals surface area contributed by atoms with Gasteiger partial charge in [0.1, 0.15) is 0 Å². The molecule has 3 nitrogen and oxygen atoms in total. The Morgan fingerprint density at radius 1 is 1.67 bits per heavy atom. The van der Waals surface area contributed by atoms with Crippen molar-refractivity contribution in [2.75, 3.05) is 19.7 Å². The lowest BCUT2D eigenvalue weighted by Crippen LogP contribution is -2.70. The number of nitrogens with zero attached hydrogens (tertiary/aromatic N) is 1. The fraction of sp³-hybridized carbons (Fsp3) is 1.00. The first-order valence-corrected chi connectivity index (χ1v) is 4.69. The molecule has 70 valence electrons. The zero-order valence-corrected chi connectivity index (χ0v) is 7.53. The minimum absolute atomic E-state index is 0.111. The van der Waals surface area contributed by atoms with E-state index < -0.39 is 6.10 Å². The van der Waals surface area contributed by atoms with Crippen LogP contribution in [0.25, 0.3) is 0 Å². The van der Waals surface area contributed by atoms with E-state index in [2.05, 4.69) is 11.8 Å². The average molecular weight is 171 g/mol. The number of likely N-dealkylation sites (tertiary alicyclic amines) is 1. The number of fused-ring (bicyclic) bond motifs is 1. The summed E-state index contributed by atoms with van der Waals surface area (Å²) in [5, 5.41) is 17.9. The van der Waals surface area contributed by atoms with E-state index in [1.165, 1.54) is 12.8 Å². The topological polar surface area (TPSA) is 43.7 Å². The Hall–Kier alpha value is -0.120. The first-order valence-electron chi connectivity index (χ1n) is 4.69. The van der Waals surface area contributed by atoms with Gasteiger partial charge in [0.25, 0.3) is 0 Å². The molecule has 1 aliphatic carbocycles. The molecule has 0 spiro atoms. The summed E-state index contributed by atoms with van der Waals surface area (Å²) in [5.74, 6) is 0. The Kier molecular flexibility index (Phi) is 1.90. The summed E-state index contributed by atoms with van der Waals surface area (Å²) in [6.07, 6.45) is 2.06. The molecule has 2 aliphatic rings. The number of aliphatic hydroxyl groups is 2. The van der Waals surface area contributed by atoms with Crippen LogP contribution in [0.1, 0.15) is 19.8 Å². The van der Waals surface area contributed by atoms with Crippen molar-refractivity contribution in [1.82, 2.24) is 4.90 Å². The molecular formula is C9H17NO2. The molecule has 0 amide bonds. The number of hydrogen-bond acceptors (Lipinski definition) is 3. The second-order valence-electron chi connectivity index (χ2n) is 4.47. The highest BCUT2D eigenvalue weighted by Crippen LogP contribution is 2.52. The van der Waals surface area contributed by atoms with Gasteiger partial charge in [-0.3, -0.25) is 4.90 Å². The molecule has 2 unspecified atom stereocenters. The van der Waals surface area contributed by atoms with Gasteiger partial charge in [-0.1, -0.05) is 6.92 Å². The lowest BCUT2D eigenvalue weighted by Gasteiger charge is -2.64. The van der Waals surface area contributed by atoms with Gasteiger partial charge in [0, 0.05) is 19.1 Å². The van der Waals surface area contributed by atoms with Crippen LogP contribution in [0.15, 0.2) is 0 Å². The van der Waals surface area contributed by atoms with Crippen molar-refractivity contribution in [1.29, 1.82) is 0 Å². The second-order valence-corrected chi connectivity index (χ2v) is 4.47. The third-order valence-electron chi connectivity index (χ3n) is 3.45. The highest BCUT2D eigenvalue weighted by Gasteiger charge is 2.55. The van der Waals surface area contributed by atoms with Gasteiger partial charge in [0.2, 0.25) is 0 Å². The Labute approximate surface area is 73.0 Å². The van der Waals surface area contributed by atoms with Crippen LogP contribution in [0.5, 0.6) is 0 Å². The molecule has 1 saturated carbocycles. The summed E-state index contributed by atoms with van der Waals surface area (Å²) in [5.41, 5.74) is 0.551. The highest BCUT2D eigenvalue weighted by molar-refractivity contribution is 5.09. The van der Waals surface area contributed by atoms with Crippen molar-refractivity contribution in [2.45, 2.75) is 31.9 Å². The average Bonchev–Trinajstić information content (AvgIpc) is 2.03. The number of piperidine rings is 1. The molecule has 1 aliphatic heterocycles. The van der Waals surface area contributed by atoms with Gasteiger partial charge in [-0.2, -0.15) is 0 Å². The van der Waals surface area contributed by atoms with E-state index in [1.54, 1.807) is 0 Å². The Balaban J connectivity index is 1.79. The lowest BCUT2D eigenvalue weighted by atomic mass is 9.58. The minimum atomic E-state index is -0.546. The van der Waals surface area contributed by atoms with Crippen LogP contribution in [0, 0.1) is 5.41 Å². The minimum Gasteiger partial charge on any atom is -0.394 e. The van der Waals surface area contributed by atoms with Gasteiger partial charge in [-0.15, -0.1) is 0 Å². The third kappa shape index (κ3) is 1.08. The molecule has 0 aromatic heterocycles. The van der Waals surface area contributed by atoms with Gasteiger partial charge in [0.05, 0.1) is 12.7 Å². The number of aliphatic hydroxyl groups excluding tert-OH is 2. The summed E-state index contributed by atoms with van der Waals surface area (Å²) in [4.78, 5) is 2.28. The number of hydrogen-bond donors (Lipinski definition) is 2. The largest absolute Gasteiger partial charge is 0.394 e. The third-order valence-corrected chi connectivity index (χ3v) is 3.45. The molecule has 2 fully saturated rings. The molecule has 1 heterocycles. The molecule has 0 aromatic rings. The molecule has 0 radical (unpaired) electrons. The quantitative estimate of drug-likeness (QED) is 0.619. The van der Waals surface area contributed by atoms with Crippen LogP contribution in [-0.2, 0) is 0 Å². The van der Waals surface area contributed by atoms with Crippen molar-refractivity contribution in [2.24, 2.45) is 5.41 Å². The van der Waals surface area contributed by atoms with E-state index in [0.29, 0.717) is 18.0 Å². The van der Waals surface area contributed by atoms with E-state index >= 15 is 0 Å². The van der Waals surface area contributed by atoms with Crippen LogP contribution in [0.2, 0.25) is 0 Å². The molecule has 3 atom stereocenters. The summed E-state index contributed by atoms with van der Waals surface area (Å²) >= 11 is 0. The van der Waals surface area contributed by atoms with Gasteiger partial charge in [-0.05, 0) is 18.3 Å². The fourth-order valence-corrected chi connectivity index (χ4v) is 2.56. The Bertz CT molecular complexity index is 185. The maximum absolute atomic E-state index is 9.21. The van der Waals surface area contributed by atoms with Crippen molar-refractivity contribution in [3.63, 3.8) is 0 Å². The predicted octanol–water partition coefficient (Wildman–Crippen LogP) is -0.176. The second kappa shape index (κ2) is 2.69. The molecule has 3 heteroatoms. The van der Waals surface area contributed by atoms with Crippen molar-refractivity contribution in [3.8, 4) is 0 Å². The van der Waals surface area contributed by atoms with Crippen LogP contribution < -0.4 is 0 Å². The van der Waals surface area contributed by atoms with Gasteiger partial charge in [0.15, 0.2) is 0 Å². The van der Waals surface area contributed by atoms with E-state index in [9.17, 15) is 5.11 Å². The normalized spacial score (nSPS) is 42.8. The monoisotopic (exact) mass is 171 g/mol. The Morgan fingerprint density at radius 2 is 2.42 bits per heavy atom. The van der Waals surface area contributed by atoms with Gasteiger partial charge >= 0.3 is 0 Å². The van der Waals surface area contributed by atoms with Crippen LogP contribution >= 0.6 is 0 Å². The smallest absolute Gasteiger partial charge is 0.0897 e. The fourth-order valence-electron chi connectivity index (χ4n) is 2.56. The maximum atomic E-state index is 9.21. The molecule has 1 saturated heterocycles. The standard InChI is InChI=1S/C9H17NO2/c1-9-3-2-8(9)10(6-9)4-7(12)5-11/h7-8,11-12H,2-6H2,1H3/t7?,8?,9-/m1/s1. The summed E-state index contributed by atoms with van der Waals surface area (Å²) in [7, 11) is 0. The van der Waals surface area contributed by atoms with E-state index in [0.717, 1.165) is 6.54 Å². The number of rotatable bonds is 3. The molecule has 2 rings (SSSR count). The summed E-state index contributed by atoms with van der Waals surface area (Å²) in [6.45, 7) is 3.95. The summed E-state index contributed by atoms with van der Waals surface area (Å²) in [6, 6.07) is 0.693. The molecule has 0 aromatic carbocycles. The van der Waals surface area contributed by atoms with E-state index in [4.69, 9.17) is 5.11 Å². The zero-order valence-electron chi connectivity index (χ0n) is 7.53.